The molecule has 8 nitrogen and oxygen atoms in total. The van der Waals surface area contributed by atoms with Gasteiger partial charge in [-0.15, -0.1) is 11.3 Å². The quantitative estimate of drug-likeness (QED) is 0.421. The minimum atomic E-state index is -0.808. The molecule has 1 fully saturated rings. The van der Waals surface area contributed by atoms with Crippen molar-refractivity contribution in [2.24, 2.45) is 11.8 Å². The summed E-state index contributed by atoms with van der Waals surface area (Å²) in [4.78, 5) is 39.7. The average molecular weight is 492 g/mol. The van der Waals surface area contributed by atoms with Gasteiger partial charge in [-0.1, -0.05) is 48.5 Å². The molecule has 2 aliphatic carbocycles. The third kappa shape index (κ3) is 5.19. The number of nitrogens with one attached hydrogen (secondary N) is 2. The van der Waals surface area contributed by atoms with Crippen LogP contribution in [-0.4, -0.2) is 41.2 Å². The largest absolute Gasteiger partial charge is 0.481 e. The number of ether oxygens (including phenoxy) is 1. The van der Waals surface area contributed by atoms with E-state index in [0.29, 0.717) is 23.7 Å². The van der Waals surface area contributed by atoms with Crippen molar-refractivity contribution in [1.82, 2.24) is 15.6 Å². The molecule has 2 unspecified atom stereocenters. The first kappa shape index (κ1) is 23.0. The van der Waals surface area contributed by atoms with Crippen LogP contribution in [0.1, 0.15) is 34.2 Å². The Hall–Kier alpha value is -3.72. The molecule has 2 atom stereocenters. The van der Waals surface area contributed by atoms with E-state index in [1.807, 2.05) is 24.3 Å². The number of hydrogen-bond donors (Lipinski definition) is 3. The second-order valence-corrected chi connectivity index (χ2v) is 9.78. The molecule has 1 heterocycles. The summed E-state index contributed by atoms with van der Waals surface area (Å²) < 4.78 is 5.54. The molecule has 35 heavy (non-hydrogen) atoms. The standard InChI is InChI=1S/C26H25N3O5S/c30-23(27-11-15-9-21(15)25(31)32)10-16-14-35-24(29-16)12-28-26(33)34-13-22-19-7-3-1-5-17(19)18-6-2-4-8-20(18)22/h1-8,14-15,21-22H,9-13H2,(H,27,30)(H,28,33)(H,31,32). The number of aromatic nitrogens is 1. The molecule has 2 amide bonds. The number of nitrogens with zero attached hydrogens (tertiary/aromatic N) is 1. The van der Waals surface area contributed by atoms with Gasteiger partial charge in [0.1, 0.15) is 11.6 Å². The fourth-order valence-corrected chi connectivity index (χ4v) is 5.29. The van der Waals surface area contributed by atoms with Gasteiger partial charge in [0.15, 0.2) is 0 Å². The normalized spacial score (nSPS) is 17.8. The van der Waals surface area contributed by atoms with E-state index in [9.17, 15) is 14.4 Å². The predicted molar refractivity (Wildman–Crippen MR) is 130 cm³/mol. The van der Waals surface area contributed by atoms with Crippen LogP contribution in [0.5, 0.6) is 0 Å². The number of aliphatic carboxylic acids is 1. The summed E-state index contributed by atoms with van der Waals surface area (Å²) in [5.74, 6) is -1.33. The summed E-state index contributed by atoms with van der Waals surface area (Å²) in [6.45, 7) is 0.828. The van der Waals surface area contributed by atoms with Crippen molar-refractivity contribution < 1.29 is 24.2 Å². The van der Waals surface area contributed by atoms with Crippen LogP contribution in [0.15, 0.2) is 53.9 Å². The molecule has 0 saturated heterocycles. The Morgan fingerprint density at radius 3 is 2.37 bits per heavy atom. The molecule has 180 valence electrons. The Labute approximate surface area is 206 Å². The highest BCUT2D eigenvalue weighted by molar-refractivity contribution is 7.09. The zero-order valence-electron chi connectivity index (χ0n) is 18.9. The Kier molecular flexibility index (Phi) is 6.50. The third-order valence-corrected chi connectivity index (χ3v) is 7.37. The molecular formula is C26H25N3O5S. The molecule has 3 aromatic rings. The van der Waals surface area contributed by atoms with Crippen molar-refractivity contribution in [2.45, 2.75) is 25.3 Å². The summed E-state index contributed by atoms with van der Waals surface area (Å²) in [6.07, 6.45) is 0.211. The molecule has 9 heteroatoms. The SMILES string of the molecule is O=C(Cc1csc(CNC(=O)OCC2c3ccccc3-c3ccccc32)n1)NCC1CC1C(=O)O. The molecule has 2 aromatic carbocycles. The fourth-order valence-electron chi connectivity index (χ4n) is 4.56. The van der Waals surface area contributed by atoms with Gasteiger partial charge >= 0.3 is 12.1 Å². The summed E-state index contributed by atoms with van der Waals surface area (Å²) in [5, 5.41) is 16.9. The van der Waals surface area contributed by atoms with Crippen LogP contribution in [0.2, 0.25) is 0 Å². The smallest absolute Gasteiger partial charge is 0.407 e. The van der Waals surface area contributed by atoms with Crippen molar-refractivity contribution in [3.8, 4) is 11.1 Å². The fraction of sp³-hybridized carbons (Fsp3) is 0.308. The molecule has 5 rings (SSSR count). The van der Waals surface area contributed by atoms with Crippen LogP contribution < -0.4 is 10.6 Å². The number of amides is 2. The molecule has 0 spiro atoms. The van der Waals surface area contributed by atoms with Gasteiger partial charge in [-0.25, -0.2) is 9.78 Å². The summed E-state index contributed by atoms with van der Waals surface area (Å²) >= 11 is 1.36. The van der Waals surface area contributed by atoms with Crippen LogP contribution in [0, 0.1) is 11.8 Å². The number of hydrogen-bond acceptors (Lipinski definition) is 6. The number of benzene rings is 2. The van der Waals surface area contributed by atoms with Gasteiger partial charge in [0, 0.05) is 17.8 Å². The van der Waals surface area contributed by atoms with Crippen molar-refractivity contribution in [3.63, 3.8) is 0 Å². The van der Waals surface area contributed by atoms with Crippen LogP contribution in [0.4, 0.5) is 4.79 Å². The lowest BCUT2D eigenvalue weighted by molar-refractivity contribution is -0.139. The van der Waals surface area contributed by atoms with E-state index in [-0.39, 0.29) is 43.2 Å². The number of thiazole rings is 1. The minimum Gasteiger partial charge on any atom is -0.481 e. The number of carbonyl (C=O) groups excluding carboxylic acids is 2. The lowest BCUT2D eigenvalue weighted by atomic mass is 9.98. The summed E-state index contributed by atoms with van der Waals surface area (Å²) in [5.41, 5.74) is 5.28. The van der Waals surface area contributed by atoms with E-state index in [1.165, 1.54) is 22.5 Å². The highest BCUT2D eigenvalue weighted by atomic mass is 32.1. The second-order valence-electron chi connectivity index (χ2n) is 8.83. The van der Waals surface area contributed by atoms with E-state index in [2.05, 4.69) is 39.9 Å². The summed E-state index contributed by atoms with van der Waals surface area (Å²) in [6, 6.07) is 16.3. The van der Waals surface area contributed by atoms with Gasteiger partial charge in [0.2, 0.25) is 5.91 Å². The number of rotatable bonds is 9. The predicted octanol–water partition coefficient (Wildman–Crippen LogP) is 3.56. The number of alkyl carbamates (subject to hydrolysis) is 1. The van der Waals surface area contributed by atoms with Crippen LogP contribution in [0.3, 0.4) is 0 Å². The molecule has 2 aliphatic rings. The van der Waals surface area contributed by atoms with Gasteiger partial charge < -0.3 is 20.5 Å². The van der Waals surface area contributed by atoms with E-state index >= 15 is 0 Å². The maximum Gasteiger partial charge on any atom is 0.407 e. The molecular weight excluding hydrogens is 466 g/mol. The Bertz CT molecular complexity index is 1230. The summed E-state index contributed by atoms with van der Waals surface area (Å²) in [7, 11) is 0. The molecule has 0 bridgehead atoms. The third-order valence-electron chi connectivity index (χ3n) is 6.47. The van der Waals surface area contributed by atoms with Crippen molar-refractivity contribution in [1.29, 1.82) is 0 Å². The lowest BCUT2D eigenvalue weighted by Crippen LogP contribution is -2.28. The van der Waals surface area contributed by atoms with Gasteiger partial charge in [-0.05, 0) is 34.6 Å². The van der Waals surface area contributed by atoms with Crippen molar-refractivity contribution in [3.05, 3.63) is 75.7 Å². The number of carboxylic acid groups (broad SMARTS) is 1. The Balaban J connectivity index is 1.07. The molecule has 1 aromatic heterocycles. The highest BCUT2D eigenvalue weighted by Gasteiger charge is 2.43. The molecule has 0 aliphatic heterocycles. The first-order valence-electron chi connectivity index (χ1n) is 11.5. The van der Waals surface area contributed by atoms with Crippen LogP contribution >= 0.6 is 11.3 Å². The average Bonchev–Trinajstić information content (AvgIpc) is 3.41. The zero-order chi connectivity index (χ0) is 24.4. The van der Waals surface area contributed by atoms with Gasteiger partial charge in [0.25, 0.3) is 0 Å². The van der Waals surface area contributed by atoms with E-state index in [4.69, 9.17) is 9.84 Å². The highest BCUT2D eigenvalue weighted by Crippen LogP contribution is 2.44. The Morgan fingerprint density at radius 2 is 1.71 bits per heavy atom. The molecule has 3 N–H and O–H groups in total. The minimum absolute atomic E-state index is 0.000422. The zero-order valence-corrected chi connectivity index (χ0v) is 19.7. The van der Waals surface area contributed by atoms with Gasteiger partial charge in [0.05, 0.1) is 24.6 Å². The lowest BCUT2D eigenvalue weighted by Gasteiger charge is -2.14. The van der Waals surface area contributed by atoms with Gasteiger partial charge in [-0.2, -0.15) is 0 Å². The number of carboxylic acids is 1. The van der Waals surface area contributed by atoms with Crippen molar-refractivity contribution in [2.75, 3.05) is 13.2 Å². The molecule has 0 radical (unpaired) electrons. The molecule has 1 saturated carbocycles. The van der Waals surface area contributed by atoms with Gasteiger partial charge in [-0.3, -0.25) is 9.59 Å². The maximum absolute atomic E-state index is 12.3. The first-order valence-corrected chi connectivity index (χ1v) is 12.4. The Morgan fingerprint density at radius 1 is 1.03 bits per heavy atom. The monoisotopic (exact) mass is 491 g/mol. The number of carbonyl (C=O) groups is 3. The van der Waals surface area contributed by atoms with E-state index in [0.717, 1.165) is 11.1 Å². The second kappa shape index (κ2) is 9.87. The maximum atomic E-state index is 12.3. The van der Waals surface area contributed by atoms with Crippen LogP contribution in [0.25, 0.3) is 11.1 Å². The van der Waals surface area contributed by atoms with Crippen molar-refractivity contribution >= 4 is 29.3 Å². The topological polar surface area (TPSA) is 118 Å². The number of fused-ring (bicyclic) bond motifs is 3. The van der Waals surface area contributed by atoms with E-state index in [1.54, 1.807) is 5.38 Å². The van der Waals surface area contributed by atoms with E-state index < -0.39 is 12.1 Å². The van der Waals surface area contributed by atoms with Crippen LogP contribution in [-0.2, 0) is 27.3 Å². The first-order chi connectivity index (χ1) is 17.0.